The van der Waals surface area contributed by atoms with E-state index in [-0.39, 0.29) is 5.56 Å². The summed E-state index contributed by atoms with van der Waals surface area (Å²) in [4.78, 5) is 17.5. The third-order valence-electron chi connectivity index (χ3n) is 4.57. The van der Waals surface area contributed by atoms with Gasteiger partial charge in [0.1, 0.15) is 0 Å². The van der Waals surface area contributed by atoms with Gasteiger partial charge in [-0.05, 0) is 65.8 Å². The number of ether oxygens (including phenoxy) is 2. The fraction of sp³-hybridized carbons (Fsp3) is 0.273. The molecule has 152 valence electrons. The van der Waals surface area contributed by atoms with E-state index in [4.69, 9.17) is 9.47 Å². The highest BCUT2D eigenvalue weighted by Crippen LogP contribution is 2.33. The molecule has 0 aliphatic rings. The van der Waals surface area contributed by atoms with Crippen molar-refractivity contribution in [3.8, 4) is 17.2 Å². The van der Waals surface area contributed by atoms with Crippen LogP contribution in [0, 0.1) is 10.5 Å². The average molecular weight is 505 g/mol. The molecule has 3 rings (SSSR count). The molecule has 0 amide bonds. The van der Waals surface area contributed by atoms with Crippen molar-refractivity contribution in [1.29, 1.82) is 0 Å². The third-order valence-corrected chi connectivity index (χ3v) is 5.37. The summed E-state index contributed by atoms with van der Waals surface area (Å²) in [6, 6.07) is 13.4. The van der Waals surface area contributed by atoms with Gasteiger partial charge in [-0.15, -0.1) is 0 Å². The summed E-state index contributed by atoms with van der Waals surface area (Å²) in [6.45, 7) is 4.58. The van der Waals surface area contributed by atoms with Crippen molar-refractivity contribution in [3.05, 3.63) is 67.6 Å². The molecule has 2 aromatic carbocycles. The van der Waals surface area contributed by atoms with Gasteiger partial charge in [0.25, 0.3) is 5.56 Å². The zero-order valence-corrected chi connectivity index (χ0v) is 19.1. The Hall–Kier alpha value is -2.55. The minimum absolute atomic E-state index is 0.156. The van der Waals surface area contributed by atoms with Crippen molar-refractivity contribution in [1.82, 2.24) is 9.36 Å². The molecule has 0 spiro atoms. The quantitative estimate of drug-likeness (QED) is 0.348. The molecular formula is C22H24IN3O3. The zero-order valence-electron chi connectivity index (χ0n) is 17.0. The van der Waals surface area contributed by atoms with E-state index in [0.29, 0.717) is 18.0 Å². The Labute approximate surface area is 183 Å². The number of nitrogens with zero attached hydrogens (tertiary/aromatic N) is 3. The van der Waals surface area contributed by atoms with Crippen LogP contribution in [0.15, 0.2) is 52.3 Å². The number of methoxy groups -OCH3 is 1. The molecule has 0 bridgehead atoms. The van der Waals surface area contributed by atoms with Gasteiger partial charge in [0, 0.05) is 13.3 Å². The van der Waals surface area contributed by atoms with Crippen molar-refractivity contribution in [2.75, 3.05) is 13.7 Å². The molecule has 0 radical (unpaired) electrons. The summed E-state index contributed by atoms with van der Waals surface area (Å²) in [5.41, 5.74) is 2.69. The van der Waals surface area contributed by atoms with Gasteiger partial charge < -0.3 is 9.47 Å². The van der Waals surface area contributed by atoms with Crippen molar-refractivity contribution in [3.63, 3.8) is 0 Å². The molecule has 0 unspecified atom stereocenters. The number of benzene rings is 2. The van der Waals surface area contributed by atoms with E-state index < -0.39 is 0 Å². The summed E-state index contributed by atoms with van der Waals surface area (Å²) in [6.07, 6.45) is 2.61. The first-order valence-electron chi connectivity index (χ1n) is 9.36. The summed E-state index contributed by atoms with van der Waals surface area (Å²) in [5, 5.41) is 0. The maximum Gasteiger partial charge on any atom is 0.297 e. The molecule has 0 saturated heterocycles. The molecule has 1 aromatic heterocycles. The first kappa shape index (κ1) is 21.2. The normalized spacial score (nSPS) is 11.2. The molecule has 29 heavy (non-hydrogen) atoms. The van der Waals surface area contributed by atoms with Crippen LogP contribution in [0.5, 0.6) is 11.5 Å². The fourth-order valence-electron chi connectivity index (χ4n) is 3.00. The first-order chi connectivity index (χ1) is 14.0. The van der Waals surface area contributed by atoms with E-state index in [9.17, 15) is 4.79 Å². The molecule has 7 heteroatoms. The summed E-state index contributed by atoms with van der Waals surface area (Å²) in [5.74, 6) is 1.38. The van der Waals surface area contributed by atoms with Gasteiger partial charge in [0.15, 0.2) is 17.2 Å². The molecule has 3 aromatic rings. The lowest BCUT2D eigenvalue weighted by molar-refractivity contribution is 0.292. The highest BCUT2D eigenvalue weighted by molar-refractivity contribution is 14.1. The monoisotopic (exact) mass is 505 g/mol. The molecule has 1 heterocycles. The van der Waals surface area contributed by atoms with E-state index in [1.807, 2.05) is 61.1 Å². The number of para-hydroxylation sites is 1. The smallest absolute Gasteiger partial charge is 0.297 e. The zero-order chi connectivity index (χ0) is 21.0. The minimum atomic E-state index is -0.156. The van der Waals surface area contributed by atoms with Crippen LogP contribution in [0.25, 0.3) is 5.69 Å². The van der Waals surface area contributed by atoms with Gasteiger partial charge in [0.2, 0.25) is 0 Å². The lowest BCUT2D eigenvalue weighted by atomic mass is 10.2. The highest BCUT2D eigenvalue weighted by atomic mass is 127. The maximum absolute atomic E-state index is 13.0. The van der Waals surface area contributed by atoms with Crippen LogP contribution in [-0.4, -0.2) is 29.3 Å². The van der Waals surface area contributed by atoms with Crippen molar-refractivity contribution >= 4 is 34.5 Å². The average Bonchev–Trinajstić information content (AvgIpc) is 2.94. The highest BCUT2D eigenvalue weighted by Gasteiger charge is 2.15. The first-order valence-corrected chi connectivity index (χ1v) is 10.4. The Morgan fingerprint density at radius 2 is 1.93 bits per heavy atom. The van der Waals surface area contributed by atoms with Crippen LogP contribution in [0.2, 0.25) is 0 Å². The third kappa shape index (κ3) is 4.39. The fourth-order valence-corrected chi connectivity index (χ4v) is 3.78. The van der Waals surface area contributed by atoms with Crippen LogP contribution in [-0.2, 0) is 7.05 Å². The Kier molecular flexibility index (Phi) is 6.79. The van der Waals surface area contributed by atoms with Gasteiger partial charge in [0.05, 0.1) is 28.7 Å². The lowest BCUT2D eigenvalue weighted by Crippen LogP contribution is -2.19. The van der Waals surface area contributed by atoms with E-state index >= 15 is 0 Å². The van der Waals surface area contributed by atoms with E-state index in [1.54, 1.807) is 18.0 Å². The Morgan fingerprint density at radius 3 is 2.59 bits per heavy atom. The van der Waals surface area contributed by atoms with Crippen LogP contribution in [0.4, 0.5) is 5.69 Å². The van der Waals surface area contributed by atoms with Gasteiger partial charge in [-0.1, -0.05) is 25.1 Å². The largest absolute Gasteiger partial charge is 0.493 e. The van der Waals surface area contributed by atoms with Gasteiger partial charge in [-0.2, -0.15) is 0 Å². The second kappa shape index (κ2) is 9.30. The summed E-state index contributed by atoms with van der Waals surface area (Å²) >= 11 is 2.22. The van der Waals surface area contributed by atoms with Gasteiger partial charge in [-0.25, -0.2) is 9.67 Å². The topological polar surface area (TPSA) is 57.8 Å². The van der Waals surface area contributed by atoms with Crippen molar-refractivity contribution < 1.29 is 9.47 Å². The number of halogens is 1. The van der Waals surface area contributed by atoms with Gasteiger partial charge >= 0.3 is 0 Å². The predicted octanol–water partition coefficient (Wildman–Crippen LogP) is 4.64. The van der Waals surface area contributed by atoms with Crippen LogP contribution in [0.3, 0.4) is 0 Å². The SMILES string of the molecule is CCCOc1c(I)cc(C=Nc2c(C)n(C)n(-c3ccccc3)c2=O)cc1OC. The van der Waals surface area contributed by atoms with Crippen molar-refractivity contribution in [2.24, 2.45) is 12.0 Å². The summed E-state index contributed by atoms with van der Waals surface area (Å²) < 4.78 is 15.6. The summed E-state index contributed by atoms with van der Waals surface area (Å²) in [7, 11) is 3.47. The number of hydrogen-bond acceptors (Lipinski definition) is 4. The molecule has 0 atom stereocenters. The number of aromatic nitrogens is 2. The minimum Gasteiger partial charge on any atom is -0.493 e. The lowest BCUT2D eigenvalue weighted by Gasteiger charge is -2.12. The number of rotatable bonds is 7. The molecule has 0 fully saturated rings. The number of aliphatic imine (C=N–C) groups is 1. The second-order valence-corrected chi connectivity index (χ2v) is 7.71. The molecule has 0 aliphatic heterocycles. The molecule has 0 aliphatic carbocycles. The maximum atomic E-state index is 13.0. The Balaban J connectivity index is 1.99. The standard InChI is InChI=1S/C22H24IN3O3/c1-5-11-29-21-18(23)12-16(13-19(21)28-4)14-24-20-15(2)25(3)26(22(20)27)17-9-7-6-8-10-17/h6-10,12-14H,5,11H2,1-4H3. The van der Waals surface area contributed by atoms with E-state index in [1.165, 1.54) is 0 Å². The molecule has 0 saturated carbocycles. The molecule has 0 N–H and O–H groups in total. The van der Waals surface area contributed by atoms with Crippen LogP contribution in [0.1, 0.15) is 24.6 Å². The van der Waals surface area contributed by atoms with Crippen LogP contribution < -0.4 is 15.0 Å². The van der Waals surface area contributed by atoms with Gasteiger partial charge in [-0.3, -0.25) is 9.48 Å². The van der Waals surface area contributed by atoms with E-state index in [2.05, 4.69) is 34.5 Å². The Bertz CT molecular complexity index is 1080. The van der Waals surface area contributed by atoms with Crippen LogP contribution >= 0.6 is 22.6 Å². The molecular weight excluding hydrogens is 481 g/mol. The van der Waals surface area contributed by atoms with E-state index in [0.717, 1.165) is 32.7 Å². The van der Waals surface area contributed by atoms with Crippen molar-refractivity contribution in [2.45, 2.75) is 20.3 Å². The predicted molar refractivity (Wildman–Crippen MR) is 124 cm³/mol. The second-order valence-electron chi connectivity index (χ2n) is 6.55. The number of hydrogen-bond donors (Lipinski definition) is 0. The Morgan fingerprint density at radius 1 is 1.21 bits per heavy atom. The molecule has 6 nitrogen and oxygen atoms in total.